The summed E-state index contributed by atoms with van der Waals surface area (Å²) in [4.78, 5) is 29.7. The Balaban J connectivity index is 1.56. The molecule has 0 radical (unpaired) electrons. The number of sulfone groups is 1. The highest BCUT2D eigenvalue weighted by molar-refractivity contribution is 7.90. The number of rotatable bonds is 8. The van der Waals surface area contributed by atoms with Gasteiger partial charge in [-0.2, -0.15) is 0 Å². The Morgan fingerprint density at radius 1 is 1.13 bits per heavy atom. The number of fused-ring (bicyclic) bond motifs is 1. The van der Waals surface area contributed by atoms with Crippen molar-refractivity contribution in [2.75, 3.05) is 56.3 Å². The van der Waals surface area contributed by atoms with E-state index in [1.165, 1.54) is 6.26 Å². The van der Waals surface area contributed by atoms with Crippen LogP contribution < -0.4 is 10.4 Å². The molecule has 2 amide bonds. The van der Waals surface area contributed by atoms with Crippen LogP contribution in [-0.2, 0) is 19.4 Å². The van der Waals surface area contributed by atoms with Gasteiger partial charge in [0.05, 0.1) is 23.9 Å². The molecule has 1 N–H and O–H groups in total. The summed E-state index contributed by atoms with van der Waals surface area (Å²) in [6, 6.07) is 7.76. The number of piperazine rings is 1. The zero-order valence-electron chi connectivity index (χ0n) is 18.9. The summed E-state index contributed by atoms with van der Waals surface area (Å²) in [6.45, 7) is 9.30. The average molecular weight is 451 g/mol. The molecule has 8 nitrogen and oxygen atoms in total. The Bertz CT molecular complexity index is 910. The fraction of sp³-hybridized carbons (Fsp3) is 0.636. The first-order chi connectivity index (χ1) is 14.6. The molecule has 0 saturated carbocycles. The Hall–Kier alpha value is -1.97. The van der Waals surface area contributed by atoms with Crippen LogP contribution in [-0.4, -0.2) is 81.3 Å². The van der Waals surface area contributed by atoms with Gasteiger partial charge in [-0.1, -0.05) is 39.0 Å². The lowest BCUT2D eigenvalue weighted by atomic mass is 9.81. The van der Waals surface area contributed by atoms with Gasteiger partial charge in [0, 0.05) is 39.0 Å². The molecule has 2 atom stereocenters. The minimum atomic E-state index is -2.99. The minimum Gasteiger partial charge on any atom is -0.339 e. The molecule has 31 heavy (non-hydrogen) atoms. The van der Waals surface area contributed by atoms with Gasteiger partial charge in [-0.25, -0.2) is 18.9 Å². The predicted molar refractivity (Wildman–Crippen MR) is 121 cm³/mol. The van der Waals surface area contributed by atoms with Crippen LogP contribution in [0.25, 0.3) is 0 Å². The normalized spacial score (nSPS) is 20.9. The van der Waals surface area contributed by atoms with Crippen LogP contribution in [0, 0.1) is 11.8 Å². The molecule has 2 aliphatic heterocycles. The van der Waals surface area contributed by atoms with Gasteiger partial charge in [-0.3, -0.25) is 14.5 Å². The maximum absolute atomic E-state index is 13.2. The summed E-state index contributed by atoms with van der Waals surface area (Å²) in [6.07, 6.45) is 1.24. The largest absolute Gasteiger partial charge is 0.339 e. The number of nitrogens with zero attached hydrogens (tertiary/aromatic N) is 3. The standard InChI is InChI=1S/C22H34N4O4S/c1-16(2)17(3)21-18-7-5-6-8-19(18)26(22(21)28)23-15-20(27)25-11-9-24(10-12-25)13-14-31(4,29)30/h5-8,16-17,21,23H,9-15H2,1-4H3. The highest BCUT2D eigenvalue weighted by atomic mass is 32.2. The first-order valence-electron chi connectivity index (χ1n) is 10.9. The van der Waals surface area contributed by atoms with Crippen molar-refractivity contribution in [3.05, 3.63) is 29.8 Å². The maximum Gasteiger partial charge on any atom is 0.249 e. The third kappa shape index (κ3) is 5.64. The summed E-state index contributed by atoms with van der Waals surface area (Å²) in [5, 5.41) is 1.54. The second-order valence-electron chi connectivity index (χ2n) is 9.00. The fourth-order valence-corrected chi connectivity index (χ4v) is 4.77. The molecule has 1 saturated heterocycles. The van der Waals surface area contributed by atoms with E-state index in [-0.39, 0.29) is 35.9 Å². The SMILES string of the molecule is CC(C)C(C)C1C(=O)N(NCC(=O)N2CCN(CCS(C)(=O)=O)CC2)c2ccccc21. The number of nitrogens with one attached hydrogen (secondary N) is 1. The minimum absolute atomic E-state index is 0.0132. The molecule has 0 aliphatic carbocycles. The fourth-order valence-electron chi connectivity index (χ4n) is 4.18. The lowest BCUT2D eigenvalue weighted by molar-refractivity contribution is -0.132. The quantitative estimate of drug-likeness (QED) is 0.638. The van der Waals surface area contributed by atoms with Gasteiger partial charge in [-0.05, 0) is 23.5 Å². The van der Waals surface area contributed by atoms with E-state index in [4.69, 9.17) is 0 Å². The first kappa shape index (κ1) is 23.7. The summed E-state index contributed by atoms with van der Waals surface area (Å²) in [5.41, 5.74) is 4.89. The molecule has 2 aliphatic rings. The van der Waals surface area contributed by atoms with Crippen LogP contribution >= 0.6 is 0 Å². The molecular formula is C22H34N4O4S. The summed E-state index contributed by atoms with van der Waals surface area (Å²) >= 11 is 0. The van der Waals surface area contributed by atoms with Gasteiger partial charge in [0.1, 0.15) is 9.84 Å². The molecule has 3 rings (SSSR count). The number of anilines is 1. The van der Waals surface area contributed by atoms with Crippen LogP contribution in [0.3, 0.4) is 0 Å². The molecule has 172 valence electrons. The van der Waals surface area contributed by atoms with E-state index in [0.717, 1.165) is 11.3 Å². The Labute approximate surface area is 185 Å². The van der Waals surface area contributed by atoms with Gasteiger partial charge in [0.15, 0.2) is 0 Å². The summed E-state index contributed by atoms with van der Waals surface area (Å²) < 4.78 is 22.7. The lowest BCUT2D eigenvalue weighted by Crippen LogP contribution is -2.53. The smallest absolute Gasteiger partial charge is 0.249 e. The van der Waals surface area contributed by atoms with Crippen LogP contribution in [0.2, 0.25) is 0 Å². The van der Waals surface area contributed by atoms with E-state index in [9.17, 15) is 18.0 Å². The third-order valence-electron chi connectivity index (χ3n) is 6.47. The molecule has 0 aromatic heterocycles. The molecule has 1 aromatic rings. The molecule has 1 aromatic carbocycles. The predicted octanol–water partition coefficient (Wildman–Crippen LogP) is 1.10. The van der Waals surface area contributed by atoms with Crippen molar-refractivity contribution in [3.8, 4) is 0 Å². The Morgan fingerprint density at radius 3 is 2.39 bits per heavy atom. The molecule has 2 heterocycles. The highest BCUT2D eigenvalue weighted by Crippen LogP contribution is 2.42. The van der Waals surface area contributed by atoms with Gasteiger partial charge in [0.2, 0.25) is 11.8 Å². The van der Waals surface area contributed by atoms with E-state index in [0.29, 0.717) is 38.6 Å². The van der Waals surface area contributed by atoms with E-state index < -0.39 is 9.84 Å². The molecular weight excluding hydrogens is 416 g/mol. The molecule has 0 spiro atoms. The van der Waals surface area contributed by atoms with E-state index in [1.807, 2.05) is 24.3 Å². The number of hydrazine groups is 1. The number of benzene rings is 1. The van der Waals surface area contributed by atoms with Crippen molar-refractivity contribution in [1.29, 1.82) is 0 Å². The van der Waals surface area contributed by atoms with Crippen molar-refractivity contribution in [2.24, 2.45) is 11.8 Å². The van der Waals surface area contributed by atoms with Gasteiger partial charge in [-0.15, -0.1) is 0 Å². The lowest BCUT2D eigenvalue weighted by Gasteiger charge is -2.35. The Morgan fingerprint density at radius 2 is 1.77 bits per heavy atom. The topological polar surface area (TPSA) is 90.0 Å². The summed E-state index contributed by atoms with van der Waals surface area (Å²) in [5.74, 6) is 0.403. The zero-order chi connectivity index (χ0) is 22.8. The van der Waals surface area contributed by atoms with Crippen LogP contribution in [0.5, 0.6) is 0 Å². The summed E-state index contributed by atoms with van der Waals surface area (Å²) in [7, 11) is -2.99. The second-order valence-corrected chi connectivity index (χ2v) is 11.3. The van der Waals surface area contributed by atoms with Crippen LogP contribution in [0.15, 0.2) is 24.3 Å². The van der Waals surface area contributed by atoms with Crippen LogP contribution in [0.4, 0.5) is 5.69 Å². The van der Waals surface area contributed by atoms with Gasteiger partial charge >= 0.3 is 0 Å². The average Bonchev–Trinajstić information content (AvgIpc) is 3.00. The number of amides is 2. The number of hydrogen-bond donors (Lipinski definition) is 1. The maximum atomic E-state index is 13.2. The highest BCUT2D eigenvalue weighted by Gasteiger charge is 2.41. The number of carbonyl (C=O) groups is 2. The van der Waals surface area contributed by atoms with Crippen molar-refractivity contribution >= 4 is 27.3 Å². The molecule has 9 heteroatoms. The first-order valence-corrected chi connectivity index (χ1v) is 13.0. The number of carbonyl (C=O) groups excluding carboxylic acids is 2. The van der Waals surface area contributed by atoms with E-state index in [2.05, 4.69) is 31.1 Å². The van der Waals surface area contributed by atoms with Gasteiger partial charge < -0.3 is 4.90 Å². The molecule has 1 fully saturated rings. The molecule has 0 bridgehead atoms. The zero-order valence-corrected chi connectivity index (χ0v) is 19.7. The molecule has 2 unspecified atom stereocenters. The Kier molecular flexibility index (Phi) is 7.39. The van der Waals surface area contributed by atoms with Crippen molar-refractivity contribution in [2.45, 2.75) is 26.7 Å². The van der Waals surface area contributed by atoms with E-state index in [1.54, 1.807) is 9.91 Å². The third-order valence-corrected chi connectivity index (χ3v) is 7.39. The van der Waals surface area contributed by atoms with E-state index >= 15 is 0 Å². The van der Waals surface area contributed by atoms with Gasteiger partial charge in [0.25, 0.3) is 0 Å². The number of hydrogen-bond acceptors (Lipinski definition) is 6. The van der Waals surface area contributed by atoms with Crippen molar-refractivity contribution in [1.82, 2.24) is 15.2 Å². The van der Waals surface area contributed by atoms with Crippen molar-refractivity contribution < 1.29 is 18.0 Å². The second kappa shape index (κ2) is 9.67. The van der Waals surface area contributed by atoms with Crippen molar-refractivity contribution in [3.63, 3.8) is 0 Å². The number of para-hydroxylation sites is 1. The monoisotopic (exact) mass is 450 g/mol. The van der Waals surface area contributed by atoms with Crippen LogP contribution in [0.1, 0.15) is 32.3 Å².